The second kappa shape index (κ2) is 31.8. The van der Waals surface area contributed by atoms with Crippen molar-refractivity contribution >= 4 is 29.2 Å². The summed E-state index contributed by atoms with van der Waals surface area (Å²) in [7, 11) is 0. The molecule has 21 aliphatic rings. The van der Waals surface area contributed by atoms with Crippen molar-refractivity contribution in [2.24, 2.45) is 5.73 Å². The van der Waals surface area contributed by atoms with E-state index in [-0.39, 0.29) is 18.1 Å². The molecule has 22 N–H and O–H groups in total. The van der Waals surface area contributed by atoms with Gasteiger partial charge in [-0.15, -0.1) is 0 Å². The highest BCUT2D eigenvalue weighted by atomic mass is 32.2. The van der Waals surface area contributed by atoms with Gasteiger partial charge in [0.15, 0.2) is 44.0 Å². The maximum absolute atomic E-state index is 11.8. The number of ether oxygens (including phenoxy) is 14. The summed E-state index contributed by atoms with van der Waals surface area (Å²) in [5.74, 6) is 0.517. The number of aliphatic hydroxyl groups is 19. The lowest BCUT2D eigenvalue weighted by atomic mass is 9.95. The number of nitrogens with one attached hydrogen (secondary N) is 1. The minimum absolute atomic E-state index is 0.0850. The quantitative estimate of drug-likeness (QED) is 0.0535. The first-order valence-corrected chi connectivity index (χ1v) is 30.5. The van der Waals surface area contributed by atoms with Crippen molar-refractivity contribution in [2.45, 2.75) is 235 Å². The van der Waals surface area contributed by atoms with Crippen molar-refractivity contribution in [3.63, 3.8) is 0 Å². The average Bonchev–Trinajstić information content (AvgIpc) is 1.04. The third-order valence-corrected chi connectivity index (χ3v) is 18.3. The van der Waals surface area contributed by atoms with Crippen molar-refractivity contribution in [1.82, 2.24) is 0 Å². The Morgan fingerprint density at radius 2 is 0.512 bits per heavy atom. The van der Waals surface area contributed by atoms with E-state index in [0.717, 1.165) is 11.8 Å². The van der Waals surface area contributed by atoms with E-state index in [1.807, 2.05) is 0 Å². The summed E-state index contributed by atoms with van der Waals surface area (Å²) in [6.45, 7) is -3.29. The summed E-state index contributed by atoms with van der Waals surface area (Å²) in [4.78, 5) is 0. The van der Waals surface area contributed by atoms with Gasteiger partial charge in [0.25, 0.3) is 0 Å². The lowest BCUT2D eigenvalue weighted by Crippen LogP contribution is -2.68. The van der Waals surface area contributed by atoms with Gasteiger partial charge in [-0.2, -0.15) is 23.5 Å². The van der Waals surface area contributed by atoms with Crippen molar-refractivity contribution < 1.29 is 163 Å². The molecule has 21 fully saturated rings. The van der Waals surface area contributed by atoms with Gasteiger partial charge < -0.3 is 174 Å². The van der Waals surface area contributed by atoms with Crippen LogP contribution in [0.1, 0.15) is 19.8 Å². The van der Waals surface area contributed by atoms with Crippen LogP contribution in [-0.4, -0.2) is 380 Å². The molecule has 21 saturated heterocycles. The number of thioether (sulfide) groups is 2. The van der Waals surface area contributed by atoms with Gasteiger partial charge in [-0.1, -0.05) is 0 Å². The summed E-state index contributed by atoms with van der Waals surface area (Å²) in [5, 5.41) is 222. The molecule has 35 nitrogen and oxygen atoms in total. The van der Waals surface area contributed by atoms with Gasteiger partial charge in [0.2, 0.25) is 0 Å². The molecule has 14 bridgehead atoms. The maximum Gasteiger partial charge on any atom is 0.187 e. The molecule has 35 atom stereocenters. The number of rotatable bonds is 15. The van der Waals surface area contributed by atoms with Crippen LogP contribution in [0.15, 0.2) is 0 Å². The monoisotopic (exact) mass is 1290 g/mol. The van der Waals surface area contributed by atoms with Gasteiger partial charge in [0, 0.05) is 29.5 Å². The Morgan fingerprint density at radius 1 is 0.314 bits per heavy atom. The predicted molar refractivity (Wildman–Crippen MR) is 281 cm³/mol. The topological polar surface area (TPSA) is 563 Å². The van der Waals surface area contributed by atoms with E-state index < -0.39 is 248 Å². The van der Waals surface area contributed by atoms with Crippen molar-refractivity contribution in [2.75, 3.05) is 62.6 Å². The SMILES string of the molecule is CC(=N)CCCSCC1OC2OC3C(CO)OC(OC4C(CO)OC(OC5C(CO)OC(OC6C(CSCCN)OC(OC7C(CO)OC(OC8C(CO)OC(OC1C(O)C2O)C(O)C8O)C(O)C7O)C(O)C6O)C(O)C5O)C(O)C4O)C(O)C3O. The summed E-state index contributed by atoms with van der Waals surface area (Å²) < 4.78 is 82.6. The van der Waals surface area contributed by atoms with E-state index in [9.17, 15) is 97.0 Å². The summed E-state index contributed by atoms with van der Waals surface area (Å²) in [6, 6.07) is 0. The number of hydrogen-bond donors (Lipinski definition) is 21. The average molecular weight is 1290 g/mol. The van der Waals surface area contributed by atoms with Gasteiger partial charge in [0.05, 0.1) is 45.2 Å². The molecule has 0 aliphatic carbocycles. The first-order valence-electron chi connectivity index (χ1n) is 28.2. The van der Waals surface area contributed by atoms with Crippen LogP contribution in [0.2, 0.25) is 0 Å². The molecule has 21 rings (SSSR count). The van der Waals surface area contributed by atoms with Crippen molar-refractivity contribution in [3.05, 3.63) is 0 Å². The molecule has 21 heterocycles. The molecule has 0 radical (unpaired) electrons. The normalized spacial score (nSPS) is 50.8. The Bertz CT molecular complexity index is 2070. The first-order chi connectivity index (χ1) is 41.0. The van der Waals surface area contributed by atoms with Crippen LogP contribution in [-0.2, 0) is 66.3 Å². The highest BCUT2D eigenvalue weighted by molar-refractivity contribution is 7.99. The third kappa shape index (κ3) is 15.5. The molecule has 500 valence electrons. The molecule has 86 heavy (non-hydrogen) atoms. The van der Waals surface area contributed by atoms with Gasteiger partial charge in [-0.25, -0.2) is 0 Å². The molecule has 0 spiro atoms. The molecular weight excluding hydrogens is 1210 g/mol. The standard InChI is InChI=1S/C49H84N2O33S2/c1-14(51)3-2-5-85-12-20-41-27(62)34(69)48(76-20)81-39-18(10-55)72-44(30(65)23(39)58)78-36-15(7-52)71-43(29(64)22(36)57)79-38-17(9-54)75-47(33(68)26(38)61)84-42-21(13-86-6-4-50)77-49(35(70)28(42)63)82-40-19(11-56)73-45(31(66)24(40)59)80-37-16(8-53)74-46(83-41)32(67)25(37)60/h15-49,51-70H,2-13,50H2,1H3. The fraction of sp³-hybridized carbons (Fsp3) is 0.980. The molecule has 35 unspecified atom stereocenters. The molecule has 37 heteroatoms. The van der Waals surface area contributed by atoms with Gasteiger partial charge in [-0.05, 0) is 25.5 Å². The van der Waals surface area contributed by atoms with Crippen LogP contribution >= 0.6 is 23.5 Å². The lowest BCUT2D eigenvalue weighted by molar-refractivity contribution is -0.395. The largest absolute Gasteiger partial charge is 0.394 e. The van der Waals surface area contributed by atoms with Gasteiger partial charge >= 0.3 is 0 Å². The molecule has 0 amide bonds. The van der Waals surface area contributed by atoms with Crippen LogP contribution in [0, 0.1) is 5.41 Å². The van der Waals surface area contributed by atoms with E-state index in [1.54, 1.807) is 6.92 Å². The minimum Gasteiger partial charge on any atom is -0.394 e. The second-order valence-corrected chi connectivity index (χ2v) is 24.4. The first kappa shape index (κ1) is 70.9. The summed E-state index contributed by atoms with van der Waals surface area (Å²) in [6.07, 6.45) is -66.5. The Balaban J connectivity index is 1.10. The summed E-state index contributed by atoms with van der Waals surface area (Å²) in [5.41, 5.74) is 6.12. The molecule has 0 aromatic rings. The number of nitrogens with two attached hydrogens (primary N) is 1. The fourth-order valence-electron chi connectivity index (χ4n) is 11.3. The third-order valence-electron chi connectivity index (χ3n) is 16.1. The highest BCUT2D eigenvalue weighted by Crippen LogP contribution is 2.40. The molecule has 0 aromatic carbocycles. The Labute approximate surface area is 499 Å². The fourth-order valence-corrected chi connectivity index (χ4v) is 13.2. The Hall–Kier alpha value is -0.990. The zero-order chi connectivity index (χ0) is 62.6. The van der Waals surface area contributed by atoms with Crippen molar-refractivity contribution in [1.29, 1.82) is 5.41 Å². The highest BCUT2D eigenvalue weighted by Gasteiger charge is 2.59. The van der Waals surface area contributed by atoms with Gasteiger partial charge in [-0.3, -0.25) is 0 Å². The Kier molecular flexibility index (Phi) is 26.2. The second-order valence-electron chi connectivity index (χ2n) is 22.1. The summed E-state index contributed by atoms with van der Waals surface area (Å²) >= 11 is 2.39. The molecular formula is C49H84N2O33S2. The minimum atomic E-state index is -2.19. The van der Waals surface area contributed by atoms with E-state index in [4.69, 9.17) is 77.5 Å². The number of hydrogen-bond acceptors (Lipinski definition) is 37. The van der Waals surface area contributed by atoms with E-state index in [0.29, 0.717) is 30.1 Å². The number of aliphatic hydroxyl groups excluding tert-OH is 19. The maximum atomic E-state index is 11.8. The van der Waals surface area contributed by atoms with Crippen LogP contribution in [0.3, 0.4) is 0 Å². The van der Waals surface area contributed by atoms with Crippen LogP contribution in [0.25, 0.3) is 0 Å². The van der Waals surface area contributed by atoms with E-state index in [1.165, 1.54) is 11.8 Å². The Morgan fingerprint density at radius 3 is 0.709 bits per heavy atom. The van der Waals surface area contributed by atoms with E-state index in [2.05, 4.69) is 0 Å². The van der Waals surface area contributed by atoms with Crippen LogP contribution in [0.4, 0.5) is 0 Å². The predicted octanol–water partition coefficient (Wildman–Crippen LogP) is -12.0. The van der Waals surface area contributed by atoms with Crippen molar-refractivity contribution in [3.8, 4) is 0 Å². The molecule has 0 saturated carbocycles. The van der Waals surface area contributed by atoms with E-state index >= 15 is 0 Å². The van der Waals surface area contributed by atoms with Gasteiger partial charge in [0.1, 0.15) is 159 Å². The zero-order valence-corrected chi connectivity index (χ0v) is 47.9. The lowest BCUT2D eigenvalue weighted by Gasteiger charge is -2.50. The zero-order valence-electron chi connectivity index (χ0n) is 46.3. The smallest absolute Gasteiger partial charge is 0.187 e. The molecule has 21 aliphatic heterocycles. The molecule has 0 aromatic heterocycles. The van der Waals surface area contributed by atoms with Crippen LogP contribution in [0.5, 0.6) is 0 Å². The van der Waals surface area contributed by atoms with Crippen LogP contribution < -0.4 is 5.73 Å².